The smallest absolute Gasteiger partial charge is 0.139 e. The quantitative estimate of drug-likeness (QED) is 0.156. The predicted octanol–water partition coefficient (Wildman–Crippen LogP) is 8.09. The molecule has 5 aliphatic rings. The van der Waals surface area contributed by atoms with Gasteiger partial charge in [0.05, 0.1) is 36.5 Å². The lowest BCUT2D eigenvalue weighted by Crippen LogP contribution is -2.71. The van der Waals surface area contributed by atoms with Crippen LogP contribution in [0.1, 0.15) is 74.7 Å². The highest BCUT2D eigenvalue weighted by Crippen LogP contribution is 2.64. The largest absolute Gasteiger partial charge is 0.381 e. The van der Waals surface area contributed by atoms with Crippen molar-refractivity contribution in [2.24, 2.45) is 11.8 Å². The van der Waals surface area contributed by atoms with Crippen molar-refractivity contribution in [2.45, 2.75) is 114 Å². The molecule has 4 aliphatic carbocycles. The third kappa shape index (κ3) is 6.02. The van der Waals surface area contributed by atoms with Gasteiger partial charge in [0.2, 0.25) is 0 Å². The maximum Gasteiger partial charge on any atom is 0.139 e. The SMILES string of the molecule is C[C@@H]1Cc2cc(-c3cnn(COCC[Si](C)(C)C)c3)ccc2[C@@H](c2ccc(NC3CC(CCCF)C3)cn2)N1C12CC(C1)C2. The monoisotopic (exact) mass is 615 g/mol. The number of fused-ring (bicyclic) bond motifs is 1. The molecule has 8 rings (SSSR count). The van der Waals surface area contributed by atoms with Crippen LogP contribution in [0.4, 0.5) is 10.1 Å². The van der Waals surface area contributed by atoms with E-state index in [1.54, 1.807) is 0 Å². The first-order valence-electron chi connectivity index (χ1n) is 17.0. The number of benzene rings is 1. The highest BCUT2D eigenvalue weighted by Gasteiger charge is 2.63. The fourth-order valence-electron chi connectivity index (χ4n) is 8.30. The Kier molecular flexibility index (Phi) is 8.21. The Morgan fingerprint density at radius 2 is 1.89 bits per heavy atom. The zero-order valence-corrected chi connectivity index (χ0v) is 28.1. The van der Waals surface area contributed by atoms with Crippen LogP contribution in [0.3, 0.4) is 0 Å². The lowest BCUT2D eigenvalue weighted by atomic mass is 9.48. The highest BCUT2D eigenvalue weighted by atomic mass is 28.3. The standard InChI is InChI=1S/C36H50FN5OSi/c1-25-14-29-17-28(30-21-39-41(23-30)24-43-12-13-44(2,3)4)7-9-33(29)35(42(25)36-18-27(19-36)20-36)34-10-8-31(22-38-34)40-32-15-26(16-32)6-5-11-37/h7-10,17,21-23,25-27,32,35,40H,5-6,11-16,18-20,24H2,1-4H3/t25-,26?,27?,32?,35+,36?/m1/s1. The zero-order chi connectivity index (χ0) is 30.5. The van der Waals surface area contributed by atoms with Crippen molar-refractivity contribution in [3.05, 3.63) is 65.7 Å². The highest BCUT2D eigenvalue weighted by molar-refractivity contribution is 6.76. The molecule has 6 nitrogen and oxygen atoms in total. The molecule has 236 valence electrons. The van der Waals surface area contributed by atoms with Crippen LogP contribution in [-0.2, 0) is 17.9 Å². The van der Waals surface area contributed by atoms with Crippen molar-refractivity contribution in [1.29, 1.82) is 0 Å². The minimum atomic E-state index is -1.10. The van der Waals surface area contributed by atoms with Gasteiger partial charge in [-0.25, -0.2) is 4.68 Å². The lowest BCUT2D eigenvalue weighted by molar-refractivity contribution is -0.174. The average Bonchev–Trinajstić information content (AvgIpc) is 3.40. The lowest BCUT2D eigenvalue weighted by Gasteiger charge is -2.70. The molecule has 1 aromatic carbocycles. The Bertz CT molecular complexity index is 1430. The van der Waals surface area contributed by atoms with E-state index in [1.807, 2.05) is 17.1 Å². The minimum Gasteiger partial charge on any atom is -0.381 e. The molecule has 0 amide bonds. The molecule has 4 fully saturated rings. The minimum absolute atomic E-state index is 0.175. The molecular formula is C36H50FN5OSi. The molecule has 3 heterocycles. The first-order valence-corrected chi connectivity index (χ1v) is 20.7. The molecule has 0 unspecified atom stereocenters. The third-order valence-electron chi connectivity index (χ3n) is 10.9. The van der Waals surface area contributed by atoms with Crippen LogP contribution in [0.2, 0.25) is 25.7 Å². The summed E-state index contributed by atoms with van der Waals surface area (Å²) in [6.45, 7) is 10.7. The Hall–Kier alpha value is -2.55. The second-order valence-corrected chi connectivity index (χ2v) is 21.2. The fourth-order valence-corrected chi connectivity index (χ4v) is 9.06. The predicted molar refractivity (Wildman–Crippen MR) is 178 cm³/mol. The zero-order valence-electron chi connectivity index (χ0n) is 27.1. The number of anilines is 1. The molecule has 2 atom stereocenters. The van der Waals surface area contributed by atoms with Crippen molar-refractivity contribution in [1.82, 2.24) is 19.7 Å². The molecule has 0 radical (unpaired) electrons. The van der Waals surface area contributed by atoms with E-state index in [0.29, 0.717) is 36.7 Å². The topological polar surface area (TPSA) is 55.2 Å². The Morgan fingerprint density at radius 3 is 2.57 bits per heavy atom. The molecule has 4 saturated carbocycles. The normalized spacial score (nSPS) is 29.3. The summed E-state index contributed by atoms with van der Waals surface area (Å²) in [6.07, 6.45) is 15.2. The maximum atomic E-state index is 12.5. The van der Waals surface area contributed by atoms with Gasteiger partial charge >= 0.3 is 0 Å². The number of alkyl halides is 1. The van der Waals surface area contributed by atoms with E-state index in [0.717, 1.165) is 55.2 Å². The summed E-state index contributed by atoms with van der Waals surface area (Å²) in [6, 6.07) is 13.8. The van der Waals surface area contributed by atoms with Gasteiger partial charge in [0.25, 0.3) is 0 Å². The number of hydrogen-bond acceptors (Lipinski definition) is 5. The van der Waals surface area contributed by atoms with E-state index in [9.17, 15) is 4.39 Å². The van der Waals surface area contributed by atoms with Gasteiger partial charge in [-0.1, -0.05) is 37.8 Å². The Morgan fingerprint density at radius 1 is 1.07 bits per heavy atom. The summed E-state index contributed by atoms with van der Waals surface area (Å²) >= 11 is 0. The number of pyridine rings is 1. The van der Waals surface area contributed by atoms with E-state index in [4.69, 9.17) is 9.72 Å². The van der Waals surface area contributed by atoms with E-state index in [2.05, 4.69) is 78.4 Å². The van der Waals surface area contributed by atoms with Gasteiger partial charge in [0, 0.05) is 44.1 Å². The van der Waals surface area contributed by atoms with Gasteiger partial charge in [-0.15, -0.1) is 0 Å². The number of aromatic nitrogens is 3. The van der Waals surface area contributed by atoms with Gasteiger partial charge in [-0.05, 0) is 105 Å². The summed E-state index contributed by atoms with van der Waals surface area (Å²) in [5.74, 6) is 1.60. The fraction of sp³-hybridized carbons (Fsp3) is 0.611. The van der Waals surface area contributed by atoms with Crippen molar-refractivity contribution in [2.75, 3.05) is 18.6 Å². The molecule has 3 aromatic rings. The van der Waals surface area contributed by atoms with Gasteiger partial charge in [-0.3, -0.25) is 14.3 Å². The Balaban J connectivity index is 1.08. The van der Waals surface area contributed by atoms with Crippen molar-refractivity contribution in [3.8, 4) is 11.1 Å². The van der Waals surface area contributed by atoms with E-state index in [1.165, 1.54) is 42.0 Å². The number of hydrogen-bond donors (Lipinski definition) is 1. The van der Waals surface area contributed by atoms with Crippen molar-refractivity contribution < 1.29 is 9.13 Å². The van der Waals surface area contributed by atoms with Gasteiger partial charge in [-0.2, -0.15) is 5.10 Å². The summed E-state index contributed by atoms with van der Waals surface area (Å²) in [5, 5.41) is 8.28. The van der Waals surface area contributed by atoms with Crippen LogP contribution in [0.25, 0.3) is 11.1 Å². The molecule has 44 heavy (non-hydrogen) atoms. The molecule has 2 aromatic heterocycles. The molecular weight excluding hydrogens is 566 g/mol. The second-order valence-electron chi connectivity index (χ2n) is 15.6. The molecule has 8 heteroatoms. The van der Waals surface area contributed by atoms with Gasteiger partial charge in [0.1, 0.15) is 6.73 Å². The van der Waals surface area contributed by atoms with Crippen molar-refractivity contribution in [3.63, 3.8) is 0 Å². The first kappa shape index (κ1) is 30.1. The van der Waals surface area contributed by atoms with Crippen LogP contribution >= 0.6 is 0 Å². The number of rotatable bonds is 13. The van der Waals surface area contributed by atoms with Gasteiger partial charge in [0.15, 0.2) is 0 Å². The van der Waals surface area contributed by atoms with Crippen LogP contribution in [-0.4, -0.2) is 58.6 Å². The van der Waals surface area contributed by atoms with Crippen LogP contribution < -0.4 is 5.32 Å². The summed E-state index contributed by atoms with van der Waals surface area (Å²) in [7, 11) is -1.10. The Labute approximate surface area is 263 Å². The average molecular weight is 616 g/mol. The second kappa shape index (κ2) is 12.0. The van der Waals surface area contributed by atoms with Crippen LogP contribution in [0, 0.1) is 11.8 Å². The third-order valence-corrected chi connectivity index (χ3v) is 12.6. The summed E-state index contributed by atoms with van der Waals surface area (Å²) in [5.41, 5.74) is 7.80. The van der Waals surface area contributed by atoms with E-state index < -0.39 is 8.07 Å². The first-order chi connectivity index (χ1) is 21.2. The number of nitrogens with one attached hydrogen (secondary N) is 1. The van der Waals surface area contributed by atoms with Crippen LogP contribution in [0.5, 0.6) is 0 Å². The molecule has 1 N–H and O–H groups in total. The molecule has 0 spiro atoms. The van der Waals surface area contributed by atoms with Crippen molar-refractivity contribution >= 4 is 13.8 Å². The molecule has 2 bridgehead atoms. The number of nitrogens with zero attached hydrogens (tertiary/aromatic N) is 4. The summed E-state index contributed by atoms with van der Waals surface area (Å²) in [4.78, 5) is 7.95. The van der Waals surface area contributed by atoms with E-state index >= 15 is 0 Å². The van der Waals surface area contributed by atoms with Crippen LogP contribution in [0.15, 0.2) is 48.9 Å². The molecule has 1 aliphatic heterocycles. The summed E-state index contributed by atoms with van der Waals surface area (Å²) < 4.78 is 20.4. The maximum absolute atomic E-state index is 12.5. The number of ether oxygens (including phenoxy) is 1. The number of halogens is 1. The molecule has 0 saturated heterocycles. The van der Waals surface area contributed by atoms with Gasteiger partial charge < -0.3 is 10.1 Å². The van der Waals surface area contributed by atoms with E-state index in [-0.39, 0.29) is 12.7 Å².